The molecule has 1 N–H and O–H groups in total. The highest BCUT2D eigenvalue weighted by Gasteiger charge is 2.25. The average molecular weight is 380 g/mol. The Labute approximate surface area is 148 Å². The van der Waals surface area contributed by atoms with Crippen LogP contribution in [0.15, 0.2) is 47.4 Å². The van der Waals surface area contributed by atoms with E-state index in [0.29, 0.717) is 36.3 Å². The first-order valence-corrected chi connectivity index (χ1v) is 11.2. The number of nitrogens with zero attached hydrogens (tertiary/aromatic N) is 1. The van der Waals surface area contributed by atoms with Crippen molar-refractivity contribution in [3.8, 4) is 0 Å². The van der Waals surface area contributed by atoms with Crippen LogP contribution in [0.5, 0.6) is 0 Å². The van der Waals surface area contributed by atoms with Crippen LogP contribution in [0, 0.1) is 6.92 Å². The van der Waals surface area contributed by atoms with Crippen molar-refractivity contribution in [2.75, 3.05) is 21.8 Å². The molecule has 3 rings (SSSR count). The molecule has 2 aromatic rings. The average Bonchev–Trinajstić information content (AvgIpc) is 2.53. The predicted octanol–water partition coefficient (Wildman–Crippen LogP) is 2.51. The van der Waals surface area contributed by atoms with Crippen LogP contribution in [-0.4, -0.2) is 29.6 Å². The van der Waals surface area contributed by atoms with Crippen LogP contribution < -0.4 is 9.03 Å². The van der Waals surface area contributed by atoms with Gasteiger partial charge < -0.3 is 0 Å². The molecule has 0 fully saturated rings. The summed E-state index contributed by atoms with van der Waals surface area (Å²) < 4.78 is 52.9. The van der Waals surface area contributed by atoms with Gasteiger partial charge in [-0.15, -0.1) is 0 Å². The quantitative estimate of drug-likeness (QED) is 0.883. The standard InChI is InChI=1S/C17H20N2O4S2/c1-13-6-3-4-8-17(13)25(22,23)18-15-9-10-16-14(12-15)7-5-11-19(16)24(2,20)21/h3-4,6,8-10,12,18H,5,7,11H2,1-2H3. The molecule has 1 heterocycles. The van der Waals surface area contributed by atoms with E-state index in [4.69, 9.17) is 0 Å². The Morgan fingerprint density at radius 2 is 1.76 bits per heavy atom. The van der Waals surface area contributed by atoms with Gasteiger partial charge in [0.25, 0.3) is 10.0 Å². The first-order valence-electron chi connectivity index (χ1n) is 7.87. The SMILES string of the molecule is Cc1ccccc1S(=O)(=O)Nc1ccc2c(c1)CCCN2S(C)(=O)=O. The first-order chi connectivity index (χ1) is 11.7. The van der Waals surface area contributed by atoms with Gasteiger partial charge in [0, 0.05) is 12.2 Å². The Morgan fingerprint density at radius 1 is 1.04 bits per heavy atom. The molecule has 8 heteroatoms. The van der Waals surface area contributed by atoms with Crippen LogP contribution in [0.1, 0.15) is 17.5 Å². The summed E-state index contributed by atoms with van der Waals surface area (Å²) in [5.41, 5.74) is 2.53. The fourth-order valence-corrected chi connectivity index (χ4v) is 5.33. The second kappa shape index (κ2) is 6.34. The second-order valence-corrected chi connectivity index (χ2v) is 9.71. The smallest absolute Gasteiger partial charge is 0.262 e. The molecular formula is C17H20N2O4S2. The molecule has 134 valence electrons. The van der Waals surface area contributed by atoms with Gasteiger partial charge in [-0.1, -0.05) is 18.2 Å². The summed E-state index contributed by atoms with van der Waals surface area (Å²) in [6.45, 7) is 2.19. The van der Waals surface area contributed by atoms with Crippen molar-refractivity contribution in [2.24, 2.45) is 0 Å². The zero-order valence-electron chi connectivity index (χ0n) is 14.1. The van der Waals surface area contributed by atoms with Crippen LogP contribution in [0.4, 0.5) is 11.4 Å². The fraction of sp³-hybridized carbons (Fsp3) is 0.294. The van der Waals surface area contributed by atoms with Crippen LogP contribution in [0.25, 0.3) is 0 Å². The molecule has 25 heavy (non-hydrogen) atoms. The lowest BCUT2D eigenvalue weighted by molar-refractivity contribution is 0.592. The predicted molar refractivity (Wildman–Crippen MR) is 98.9 cm³/mol. The molecule has 0 bridgehead atoms. The van der Waals surface area contributed by atoms with Crippen LogP contribution in [0.3, 0.4) is 0 Å². The van der Waals surface area contributed by atoms with E-state index in [9.17, 15) is 16.8 Å². The van der Waals surface area contributed by atoms with E-state index in [1.165, 1.54) is 10.6 Å². The van der Waals surface area contributed by atoms with Gasteiger partial charge in [0.1, 0.15) is 0 Å². The third kappa shape index (κ3) is 3.64. The van der Waals surface area contributed by atoms with Gasteiger partial charge in [0.05, 0.1) is 16.8 Å². The van der Waals surface area contributed by atoms with Crippen LogP contribution >= 0.6 is 0 Å². The molecule has 0 saturated heterocycles. The highest BCUT2D eigenvalue weighted by atomic mass is 32.2. The number of hydrogen-bond acceptors (Lipinski definition) is 4. The molecule has 0 atom stereocenters. The van der Waals surface area contributed by atoms with E-state index in [2.05, 4.69) is 4.72 Å². The van der Waals surface area contributed by atoms with Crippen molar-refractivity contribution in [3.63, 3.8) is 0 Å². The molecule has 2 aromatic carbocycles. The van der Waals surface area contributed by atoms with Gasteiger partial charge in [-0.25, -0.2) is 16.8 Å². The molecule has 0 amide bonds. The minimum absolute atomic E-state index is 0.227. The Hall–Kier alpha value is -2.06. The summed E-state index contributed by atoms with van der Waals surface area (Å²) in [6.07, 6.45) is 2.59. The highest BCUT2D eigenvalue weighted by molar-refractivity contribution is 7.92. The van der Waals surface area contributed by atoms with Crippen molar-refractivity contribution >= 4 is 31.4 Å². The Morgan fingerprint density at radius 3 is 2.44 bits per heavy atom. The fourth-order valence-electron chi connectivity index (χ4n) is 3.04. The maximum Gasteiger partial charge on any atom is 0.262 e. The van der Waals surface area contributed by atoms with E-state index in [1.807, 2.05) is 0 Å². The lowest BCUT2D eigenvalue weighted by Gasteiger charge is -2.29. The molecule has 0 saturated carbocycles. The van der Waals surface area contributed by atoms with Gasteiger partial charge in [-0.3, -0.25) is 9.03 Å². The number of aryl methyl sites for hydroxylation is 2. The molecule has 6 nitrogen and oxygen atoms in total. The number of anilines is 2. The third-order valence-corrected chi connectivity index (χ3v) is 6.91. The monoisotopic (exact) mass is 380 g/mol. The number of sulfonamides is 2. The van der Waals surface area contributed by atoms with Crippen LogP contribution in [-0.2, 0) is 26.5 Å². The minimum atomic E-state index is -3.69. The zero-order valence-corrected chi connectivity index (χ0v) is 15.7. The summed E-state index contributed by atoms with van der Waals surface area (Å²) >= 11 is 0. The highest BCUT2D eigenvalue weighted by Crippen LogP contribution is 2.32. The van der Waals surface area contributed by atoms with Crippen molar-refractivity contribution in [1.29, 1.82) is 0 Å². The minimum Gasteiger partial charge on any atom is -0.280 e. The maximum atomic E-state index is 12.6. The number of rotatable bonds is 4. The van der Waals surface area contributed by atoms with Gasteiger partial charge >= 0.3 is 0 Å². The summed E-state index contributed by atoms with van der Waals surface area (Å²) in [5, 5.41) is 0. The maximum absolute atomic E-state index is 12.6. The third-order valence-electron chi connectivity index (χ3n) is 4.19. The normalized spacial score (nSPS) is 14.9. The molecule has 1 aliphatic heterocycles. The number of benzene rings is 2. The largest absolute Gasteiger partial charge is 0.280 e. The summed E-state index contributed by atoms with van der Waals surface area (Å²) in [7, 11) is -7.04. The van der Waals surface area contributed by atoms with E-state index < -0.39 is 20.0 Å². The van der Waals surface area contributed by atoms with Gasteiger partial charge in [0.15, 0.2) is 0 Å². The number of hydrogen-bond donors (Lipinski definition) is 1. The first kappa shape index (κ1) is 17.8. The van der Waals surface area contributed by atoms with Gasteiger partial charge in [-0.2, -0.15) is 0 Å². The van der Waals surface area contributed by atoms with Crippen molar-refractivity contribution in [2.45, 2.75) is 24.7 Å². The summed E-state index contributed by atoms with van der Waals surface area (Å²) in [6, 6.07) is 11.7. The van der Waals surface area contributed by atoms with E-state index in [1.54, 1.807) is 49.4 Å². The Balaban J connectivity index is 1.95. The Kier molecular flexibility index (Phi) is 4.51. The van der Waals surface area contributed by atoms with Crippen molar-refractivity contribution in [3.05, 3.63) is 53.6 Å². The van der Waals surface area contributed by atoms with E-state index in [-0.39, 0.29) is 4.90 Å². The molecule has 0 unspecified atom stereocenters. The molecule has 0 aliphatic carbocycles. The molecule has 0 aromatic heterocycles. The van der Waals surface area contributed by atoms with Crippen molar-refractivity contribution in [1.82, 2.24) is 0 Å². The van der Waals surface area contributed by atoms with Gasteiger partial charge in [0.2, 0.25) is 10.0 Å². The summed E-state index contributed by atoms with van der Waals surface area (Å²) in [4.78, 5) is 0.227. The lowest BCUT2D eigenvalue weighted by atomic mass is 10.0. The zero-order chi connectivity index (χ0) is 18.2. The molecule has 0 spiro atoms. The van der Waals surface area contributed by atoms with Crippen LogP contribution in [0.2, 0.25) is 0 Å². The van der Waals surface area contributed by atoms with E-state index >= 15 is 0 Å². The number of fused-ring (bicyclic) bond motifs is 1. The topological polar surface area (TPSA) is 83.6 Å². The van der Waals surface area contributed by atoms with Gasteiger partial charge in [-0.05, 0) is 55.2 Å². The summed E-state index contributed by atoms with van der Waals surface area (Å²) in [5.74, 6) is 0. The lowest BCUT2D eigenvalue weighted by Crippen LogP contribution is -2.34. The Bertz CT molecular complexity index is 1010. The molecule has 0 radical (unpaired) electrons. The molecular weight excluding hydrogens is 360 g/mol. The second-order valence-electron chi connectivity index (χ2n) is 6.15. The van der Waals surface area contributed by atoms with Crippen molar-refractivity contribution < 1.29 is 16.8 Å². The number of nitrogens with one attached hydrogen (secondary N) is 1. The van der Waals surface area contributed by atoms with E-state index in [0.717, 1.165) is 5.56 Å². The molecule has 1 aliphatic rings.